The van der Waals surface area contributed by atoms with Crippen LogP contribution in [0.25, 0.3) is 0 Å². The molecule has 8 heteroatoms. The number of carbonyl (C=O) groups is 2. The Labute approximate surface area is 171 Å². The van der Waals surface area contributed by atoms with Crippen molar-refractivity contribution in [2.45, 2.75) is 45.7 Å². The first-order chi connectivity index (χ1) is 13.5. The highest BCUT2D eigenvalue weighted by Crippen LogP contribution is 2.27. The van der Waals surface area contributed by atoms with E-state index in [0.29, 0.717) is 24.5 Å². The summed E-state index contributed by atoms with van der Waals surface area (Å²) in [6.07, 6.45) is 0. The maximum Gasteiger partial charge on any atom is 0.261 e. The van der Waals surface area contributed by atoms with Gasteiger partial charge in [0.05, 0.1) is 10.6 Å². The molecule has 0 radical (unpaired) electrons. The van der Waals surface area contributed by atoms with Gasteiger partial charge in [-0.05, 0) is 41.5 Å². The number of fused-ring (bicyclic) bond motifs is 1. The van der Waals surface area contributed by atoms with Crippen molar-refractivity contribution < 1.29 is 18.0 Å². The second-order valence-electron chi connectivity index (χ2n) is 8.20. The molecule has 2 amide bonds. The van der Waals surface area contributed by atoms with Gasteiger partial charge in [0.15, 0.2) is 0 Å². The molecule has 0 saturated heterocycles. The summed E-state index contributed by atoms with van der Waals surface area (Å²) in [5.41, 5.74) is 2.08. The second kappa shape index (κ2) is 7.51. The van der Waals surface area contributed by atoms with Crippen molar-refractivity contribution in [1.82, 2.24) is 4.90 Å². The van der Waals surface area contributed by atoms with Crippen LogP contribution >= 0.6 is 0 Å². The van der Waals surface area contributed by atoms with E-state index in [1.165, 1.54) is 13.0 Å². The summed E-state index contributed by atoms with van der Waals surface area (Å²) in [5, 5.41) is 2.79. The van der Waals surface area contributed by atoms with Crippen molar-refractivity contribution >= 4 is 33.2 Å². The molecule has 0 spiro atoms. The number of hydrogen-bond donors (Lipinski definition) is 2. The van der Waals surface area contributed by atoms with Crippen LogP contribution < -0.4 is 10.0 Å². The molecule has 1 aliphatic heterocycles. The maximum absolute atomic E-state index is 12.8. The fourth-order valence-electron chi connectivity index (χ4n) is 2.95. The smallest absolute Gasteiger partial charge is 0.261 e. The van der Waals surface area contributed by atoms with Gasteiger partial charge in [-0.15, -0.1) is 0 Å². The lowest BCUT2D eigenvalue weighted by molar-refractivity contribution is -0.129. The Hall–Kier alpha value is -2.87. The summed E-state index contributed by atoms with van der Waals surface area (Å²) < 4.78 is 28.2. The van der Waals surface area contributed by atoms with E-state index in [-0.39, 0.29) is 16.7 Å². The quantitative estimate of drug-likeness (QED) is 0.801. The molecule has 0 saturated carbocycles. The van der Waals surface area contributed by atoms with E-state index in [1.807, 2.05) is 0 Å². The average Bonchev–Trinajstić information content (AvgIpc) is 3.04. The lowest BCUT2D eigenvalue weighted by Crippen LogP contribution is -2.27. The first-order valence-corrected chi connectivity index (χ1v) is 10.8. The standard InChI is InChI=1S/C21H25N3O4S/c1-14(25)24-12-15-8-9-19(10-16(15)13-24)29(27,28)23-18-7-5-6-17(11-18)22-20(26)21(2,3)4/h5-11,23H,12-13H2,1-4H3,(H,22,26). The molecule has 3 rings (SSSR count). The number of hydrogen-bond acceptors (Lipinski definition) is 4. The highest BCUT2D eigenvalue weighted by Gasteiger charge is 2.24. The first kappa shape index (κ1) is 20.9. The second-order valence-corrected chi connectivity index (χ2v) is 9.88. The van der Waals surface area contributed by atoms with Crippen molar-refractivity contribution in [2.24, 2.45) is 5.41 Å². The summed E-state index contributed by atoms with van der Waals surface area (Å²) >= 11 is 0. The predicted molar refractivity (Wildman–Crippen MR) is 112 cm³/mol. The van der Waals surface area contributed by atoms with E-state index in [4.69, 9.17) is 0 Å². The predicted octanol–water partition coefficient (Wildman–Crippen LogP) is 3.33. The number of anilines is 2. The summed E-state index contributed by atoms with van der Waals surface area (Å²) in [7, 11) is -3.81. The minimum absolute atomic E-state index is 0.0437. The molecule has 0 fully saturated rings. The van der Waals surface area contributed by atoms with Crippen molar-refractivity contribution in [3.05, 3.63) is 53.6 Å². The zero-order valence-electron chi connectivity index (χ0n) is 16.9. The van der Waals surface area contributed by atoms with Gasteiger partial charge in [-0.3, -0.25) is 14.3 Å². The summed E-state index contributed by atoms with van der Waals surface area (Å²) in [6.45, 7) is 7.80. The average molecular weight is 416 g/mol. The van der Waals surface area contributed by atoms with E-state index in [9.17, 15) is 18.0 Å². The minimum Gasteiger partial charge on any atom is -0.334 e. The molecule has 0 aromatic heterocycles. The van der Waals surface area contributed by atoms with E-state index in [2.05, 4.69) is 10.0 Å². The molecule has 0 bridgehead atoms. The van der Waals surface area contributed by atoms with Crippen LogP contribution in [-0.4, -0.2) is 25.1 Å². The van der Waals surface area contributed by atoms with E-state index in [0.717, 1.165) is 11.1 Å². The fraction of sp³-hybridized carbons (Fsp3) is 0.333. The Morgan fingerprint density at radius 3 is 2.28 bits per heavy atom. The van der Waals surface area contributed by atoms with Gasteiger partial charge in [0.1, 0.15) is 0 Å². The number of nitrogens with one attached hydrogen (secondary N) is 2. The van der Waals surface area contributed by atoms with E-state index >= 15 is 0 Å². The van der Waals surface area contributed by atoms with Crippen LogP contribution in [0.2, 0.25) is 0 Å². The van der Waals surface area contributed by atoms with E-state index in [1.54, 1.807) is 62.1 Å². The molecule has 2 N–H and O–H groups in total. The Morgan fingerprint density at radius 1 is 0.966 bits per heavy atom. The Morgan fingerprint density at radius 2 is 1.62 bits per heavy atom. The minimum atomic E-state index is -3.81. The molecule has 1 aliphatic rings. The van der Waals surface area contributed by atoms with Gasteiger partial charge in [-0.2, -0.15) is 0 Å². The van der Waals surface area contributed by atoms with Crippen LogP contribution in [-0.2, 0) is 32.7 Å². The van der Waals surface area contributed by atoms with Crippen molar-refractivity contribution in [2.75, 3.05) is 10.0 Å². The number of carbonyl (C=O) groups excluding carboxylic acids is 2. The number of sulfonamides is 1. The van der Waals surface area contributed by atoms with Gasteiger partial charge >= 0.3 is 0 Å². The fourth-order valence-corrected chi connectivity index (χ4v) is 4.05. The van der Waals surface area contributed by atoms with Crippen molar-refractivity contribution in [1.29, 1.82) is 0 Å². The van der Waals surface area contributed by atoms with Crippen LogP contribution in [0.1, 0.15) is 38.8 Å². The Bertz CT molecular complexity index is 1070. The zero-order chi connectivity index (χ0) is 21.4. The van der Waals surface area contributed by atoms with Gasteiger partial charge in [-0.25, -0.2) is 8.42 Å². The van der Waals surface area contributed by atoms with Crippen molar-refractivity contribution in [3.63, 3.8) is 0 Å². The molecule has 0 atom stereocenters. The highest BCUT2D eigenvalue weighted by atomic mass is 32.2. The third-order valence-electron chi connectivity index (χ3n) is 4.71. The molecule has 29 heavy (non-hydrogen) atoms. The van der Waals surface area contributed by atoms with Gasteiger partial charge in [0, 0.05) is 31.1 Å². The zero-order valence-corrected chi connectivity index (χ0v) is 17.8. The normalized spacial score (nSPS) is 13.7. The Kier molecular flexibility index (Phi) is 5.40. The first-order valence-electron chi connectivity index (χ1n) is 9.27. The summed E-state index contributed by atoms with van der Waals surface area (Å²) in [6, 6.07) is 11.5. The number of nitrogens with zero attached hydrogens (tertiary/aromatic N) is 1. The van der Waals surface area contributed by atoms with Crippen LogP contribution in [0.3, 0.4) is 0 Å². The summed E-state index contributed by atoms with van der Waals surface area (Å²) in [4.78, 5) is 25.5. The molecule has 0 aliphatic carbocycles. The third kappa shape index (κ3) is 4.76. The molecular formula is C21H25N3O4S. The molecule has 2 aromatic rings. The number of amides is 2. The van der Waals surface area contributed by atoms with E-state index < -0.39 is 15.4 Å². The van der Waals surface area contributed by atoms with Gasteiger partial charge < -0.3 is 10.2 Å². The van der Waals surface area contributed by atoms with Crippen LogP contribution in [0.15, 0.2) is 47.4 Å². The van der Waals surface area contributed by atoms with Crippen LogP contribution in [0.5, 0.6) is 0 Å². The molecule has 1 heterocycles. The monoisotopic (exact) mass is 415 g/mol. The molecule has 0 unspecified atom stereocenters. The SMILES string of the molecule is CC(=O)N1Cc2ccc(S(=O)(=O)Nc3cccc(NC(=O)C(C)(C)C)c3)cc2C1. The molecule has 2 aromatic carbocycles. The van der Waals surface area contributed by atoms with Gasteiger partial charge in [-0.1, -0.05) is 32.9 Å². The third-order valence-corrected chi connectivity index (χ3v) is 6.09. The molecular weight excluding hydrogens is 390 g/mol. The number of benzene rings is 2. The lowest BCUT2D eigenvalue weighted by atomic mass is 9.95. The van der Waals surface area contributed by atoms with Crippen LogP contribution in [0, 0.1) is 5.41 Å². The lowest BCUT2D eigenvalue weighted by Gasteiger charge is -2.18. The maximum atomic E-state index is 12.8. The highest BCUT2D eigenvalue weighted by molar-refractivity contribution is 7.92. The molecule has 154 valence electrons. The topological polar surface area (TPSA) is 95.6 Å². The molecule has 7 nitrogen and oxygen atoms in total. The summed E-state index contributed by atoms with van der Waals surface area (Å²) in [5.74, 6) is -0.205. The number of rotatable bonds is 4. The Balaban J connectivity index is 1.79. The van der Waals surface area contributed by atoms with Crippen molar-refractivity contribution in [3.8, 4) is 0 Å². The van der Waals surface area contributed by atoms with Gasteiger partial charge in [0.25, 0.3) is 10.0 Å². The largest absolute Gasteiger partial charge is 0.334 e. The van der Waals surface area contributed by atoms with Gasteiger partial charge in [0.2, 0.25) is 11.8 Å². The van der Waals surface area contributed by atoms with Crippen LogP contribution in [0.4, 0.5) is 11.4 Å².